The van der Waals surface area contributed by atoms with Crippen LogP contribution >= 0.6 is 0 Å². The van der Waals surface area contributed by atoms with Gasteiger partial charge >= 0.3 is 0 Å². The second-order valence-corrected chi connectivity index (χ2v) is 7.29. The van der Waals surface area contributed by atoms with Crippen molar-refractivity contribution >= 4 is 5.91 Å². The zero-order valence-corrected chi connectivity index (χ0v) is 17.2. The van der Waals surface area contributed by atoms with E-state index in [0.717, 1.165) is 41.3 Å². The van der Waals surface area contributed by atoms with Gasteiger partial charge in [0.25, 0.3) is 5.91 Å². The first-order chi connectivity index (χ1) is 14.6. The molecule has 4 rings (SSSR count). The van der Waals surface area contributed by atoms with Crippen LogP contribution in [0.3, 0.4) is 0 Å². The fourth-order valence-corrected chi connectivity index (χ4v) is 3.48. The monoisotopic (exact) mass is 399 g/mol. The van der Waals surface area contributed by atoms with Crippen LogP contribution in [0.5, 0.6) is 0 Å². The Morgan fingerprint density at radius 3 is 2.30 bits per heavy atom. The Bertz CT molecular complexity index is 1130. The molecule has 0 unspecified atom stereocenters. The molecule has 0 fully saturated rings. The fraction of sp³-hybridized carbons (Fsp3) is 0.208. The lowest BCUT2D eigenvalue weighted by Gasteiger charge is -2.09. The van der Waals surface area contributed by atoms with E-state index >= 15 is 0 Å². The van der Waals surface area contributed by atoms with Crippen molar-refractivity contribution in [3.63, 3.8) is 0 Å². The van der Waals surface area contributed by atoms with Gasteiger partial charge in [-0.15, -0.1) is 0 Å². The first-order valence-corrected chi connectivity index (χ1v) is 10.1. The summed E-state index contributed by atoms with van der Waals surface area (Å²) in [6.07, 6.45) is 0.804. The van der Waals surface area contributed by atoms with Crippen LogP contribution in [0.25, 0.3) is 16.9 Å². The SMILES string of the molecule is Cc1cc(C)n(CCCNC(=O)c2cc(-c3ccccc3)nn2-c2ccccc2)n1. The number of aryl methyl sites for hydroxylation is 3. The highest BCUT2D eigenvalue weighted by molar-refractivity contribution is 5.94. The first kappa shape index (κ1) is 19.6. The summed E-state index contributed by atoms with van der Waals surface area (Å²) in [7, 11) is 0. The molecule has 0 bridgehead atoms. The molecule has 0 saturated carbocycles. The molecule has 4 aromatic rings. The molecule has 0 aliphatic carbocycles. The highest BCUT2D eigenvalue weighted by atomic mass is 16.2. The summed E-state index contributed by atoms with van der Waals surface area (Å²) in [5.74, 6) is -0.137. The lowest BCUT2D eigenvalue weighted by Crippen LogP contribution is -2.27. The van der Waals surface area contributed by atoms with Crippen molar-refractivity contribution < 1.29 is 4.79 Å². The third-order valence-corrected chi connectivity index (χ3v) is 4.95. The van der Waals surface area contributed by atoms with Crippen LogP contribution in [0.1, 0.15) is 28.3 Å². The van der Waals surface area contributed by atoms with E-state index in [0.29, 0.717) is 12.2 Å². The Kier molecular flexibility index (Phi) is 5.75. The second-order valence-electron chi connectivity index (χ2n) is 7.29. The van der Waals surface area contributed by atoms with Gasteiger partial charge in [0.1, 0.15) is 5.69 Å². The summed E-state index contributed by atoms with van der Waals surface area (Å²) in [6, 6.07) is 23.5. The molecule has 0 radical (unpaired) electrons. The zero-order chi connectivity index (χ0) is 20.9. The zero-order valence-electron chi connectivity index (χ0n) is 17.2. The number of rotatable bonds is 7. The highest BCUT2D eigenvalue weighted by Gasteiger charge is 2.17. The predicted octanol–water partition coefficient (Wildman–Crippen LogP) is 4.17. The van der Waals surface area contributed by atoms with Crippen molar-refractivity contribution in [3.05, 3.63) is 89.9 Å². The maximum atomic E-state index is 13.0. The van der Waals surface area contributed by atoms with Gasteiger partial charge in [-0.25, -0.2) is 4.68 Å². The normalized spacial score (nSPS) is 10.9. The van der Waals surface area contributed by atoms with Gasteiger partial charge in [-0.1, -0.05) is 48.5 Å². The Labute approximate surface area is 176 Å². The van der Waals surface area contributed by atoms with E-state index in [1.807, 2.05) is 85.3 Å². The lowest BCUT2D eigenvalue weighted by atomic mass is 10.1. The van der Waals surface area contributed by atoms with Crippen molar-refractivity contribution in [1.82, 2.24) is 24.9 Å². The van der Waals surface area contributed by atoms with Crippen LogP contribution in [0, 0.1) is 13.8 Å². The number of nitrogens with zero attached hydrogens (tertiary/aromatic N) is 4. The minimum Gasteiger partial charge on any atom is -0.351 e. The van der Waals surface area contributed by atoms with Gasteiger partial charge in [-0.2, -0.15) is 10.2 Å². The number of nitrogens with one attached hydrogen (secondary N) is 1. The van der Waals surface area contributed by atoms with Gasteiger partial charge in [0.2, 0.25) is 0 Å². The molecule has 152 valence electrons. The molecule has 1 N–H and O–H groups in total. The van der Waals surface area contributed by atoms with Crippen molar-refractivity contribution in [1.29, 1.82) is 0 Å². The third-order valence-electron chi connectivity index (χ3n) is 4.95. The minimum atomic E-state index is -0.137. The van der Waals surface area contributed by atoms with E-state index in [9.17, 15) is 4.79 Å². The smallest absolute Gasteiger partial charge is 0.270 e. The standard InChI is InChI=1S/C24H25N5O/c1-18-16-19(2)28(26-18)15-9-14-25-24(30)23-17-22(20-10-5-3-6-11-20)27-29(23)21-12-7-4-8-13-21/h3-8,10-13,16-17H,9,14-15H2,1-2H3,(H,25,30). The van der Waals surface area contributed by atoms with Crippen LogP contribution in [0.4, 0.5) is 0 Å². The van der Waals surface area contributed by atoms with Crippen molar-refractivity contribution in [3.8, 4) is 16.9 Å². The molecule has 0 atom stereocenters. The topological polar surface area (TPSA) is 64.7 Å². The average molecular weight is 399 g/mol. The maximum absolute atomic E-state index is 13.0. The second kappa shape index (κ2) is 8.78. The van der Waals surface area contributed by atoms with E-state index in [1.165, 1.54) is 0 Å². The molecular weight excluding hydrogens is 374 g/mol. The van der Waals surface area contributed by atoms with E-state index in [-0.39, 0.29) is 5.91 Å². The van der Waals surface area contributed by atoms with Crippen LogP contribution in [0.15, 0.2) is 72.8 Å². The predicted molar refractivity (Wildman–Crippen MR) is 118 cm³/mol. The van der Waals surface area contributed by atoms with Crippen LogP contribution in [0.2, 0.25) is 0 Å². The van der Waals surface area contributed by atoms with Crippen molar-refractivity contribution in [2.75, 3.05) is 6.54 Å². The van der Waals surface area contributed by atoms with Gasteiger partial charge in [0.05, 0.1) is 17.1 Å². The van der Waals surface area contributed by atoms with Crippen molar-refractivity contribution in [2.45, 2.75) is 26.8 Å². The Morgan fingerprint density at radius 1 is 0.933 bits per heavy atom. The maximum Gasteiger partial charge on any atom is 0.270 e. The molecule has 2 aromatic carbocycles. The first-order valence-electron chi connectivity index (χ1n) is 10.1. The number of para-hydroxylation sites is 1. The van der Waals surface area contributed by atoms with Gasteiger partial charge in [-0.05, 0) is 44.5 Å². The van der Waals surface area contributed by atoms with Crippen LogP contribution < -0.4 is 5.32 Å². The van der Waals surface area contributed by atoms with Gasteiger partial charge in [-0.3, -0.25) is 9.48 Å². The summed E-state index contributed by atoms with van der Waals surface area (Å²) in [6.45, 7) is 5.37. The number of hydrogen-bond acceptors (Lipinski definition) is 3. The number of carbonyl (C=O) groups is 1. The minimum absolute atomic E-state index is 0.137. The van der Waals surface area contributed by atoms with Crippen LogP contribution in [-0.4, -0.2) is 32.0 Å². The molecule has 6 nitrogen and oxygen atoms in total. The Balaban J connectivity index is 1.51. The van der Waals surface area contributed by atoms with Gasteiger partial charge in [0, 0.05) is 24.3 Å². The number of hydrogen-bond donors (Lipinski definition) is 1. The van der Waals surface area contributed by atoms with E-state index in [1.54, 1.807) is 4.68 Å². The molecule has 0 aliphatic rings. The Morgan fingerprint density at radius 2 is 1.63 bits per heavy atom. The van der Waals surface area contributed by atoms with E-state index in [2.05, 4.69) is 16.5 Å². The largest absolute Gasteiger partial charge is 0.351 e. The quantitative estimate of drug-likeness (QED) is 0.474. The molecular formula is C24H25N5O. The summed E-state index contributed by atoms with van der Waals surface area (Å²) in [5.41, 5.74) is 5.27. The molecule has 2 aromatic heterocycles. The molecule has 6 heteroatoms. The van der Waals surface area contributed by atoms with Crippen LogP contribution in [-0.2, 0) is 6.54 Å². The summed E-state index contributed by atoms with van der Waals surface area (Å²) in [4.78, 5) is 13.0. The lowest BCUT2D eigenvalue weighted by molar-refractivity contribution is 0.0945. The average Bonchev–Trinajstić information content (AvgIpc) is 3.35. The molecule has 30 heavy (non-hydrogen) atoms. The molecule has 0 saturated heterocycles. The van der Waals surface area contributed by atoms with Gasteiger partial charge in [0.15, 0.2) is 0 Å². The van der Waals surface area contributed by atoms with E-state index in [4.69, 9.17) is 5.10 Å². The fourth-order valence-electron chi connectivity index (χ4n) is 3.48. The molecule has 0 spiro atoms. The third kappa shape index (κ3) is 4.33. The van der Waals surface area contributed by atoms with Gasteiger partial charge < -0.3 is 5.32 Å². The molecule has 1 amide bonds. The highest BCUT2D eigenvalue weighted by Crippen LogP contribution is 2.21. The molecule has 0 aliphatic heterocycles. The summed E-state index contributed by atoms with van der Waals surface area (Å²) >= 11 is 0. The molecule has 2 heterocycles. The number of aromatic nitrogens is 4. The summed E-state index contributed by atoms with van der Waals surface area (Å²) < 4.78 is 3.68. The van der Waals surface area contributed by atoms with E-state index < -0.39 is 0 Å². The number of amides is 1. The number of benzene rings is 2. The van der Waals surface area contributed by atoms with Crippen molar-refractivity contribution in [2.24, 2.45) is 0 Å². The summed E-state index contributed by atoms with van der Waals surface area (Å²) in [5, 5.41) is 12.2. The number of carbonyl (C=O) groups excluding carboxylic acids is 1. The Hall–Kier alpha value is -3.67.